The van der Waals surface area contributed by atoms with Gasteiger partial charge in [-0.05, 0) is 30.7 Å². The van der Waals surface area contributed by atoms with Gasteiger partial charge < -0.3 is 10.4 Å². The molecule has 0 unspecified atom stereocenters. The first-order valence-corrected chi connectivity index (χ1v) is 6.46. The van der Waals surface area contributed by atoms with Gasteiger partial charge >= 0.3 is 0 Å². The topological polar surface area (TPSA) is 75.1 Å². The van der Waals surface area contributed by atoms with Gasteiger partial charge in [-0.1, -0.05) is 17.9 Å². The van der Waals surface area contributed by atoms with E-state index in [2.05, 4.69) is 27.1 Å². The molecule has 0 fully saturated rings. The fourth-order valence-electron chi connectivity index (χ4n) is 1.77. The van der Waals surface area contributed by atoms with Crippen LogP contribution >= 0.6 is 0 Å². The van der Waals surface area contributed by atoms with Crippen molar-refractivity contribution < 1.29 is 9.90 Å². The standard InChI is InChI=1S/C16H15N3O2/c1-12-5-2-8-17-14(12)11-19-16(21)15-13(7-4-10-20)6-3-9-18-15/h2-3,5-6,8-9,20H,10-11H2,1H3,(H,19,21). The lowest BCUT2D eigenvalue weighted by atomic mass is 10.1. The molecule has 2 aromatic heterocycles. The van der Waals surface area contributed by atoms with E-state index in [0.717, 1.165) is 11.3 Å². The largest absolute Gasteiger partial charge is 0.384 e. The molecule has 21 heavy (non-hydrogen) atoms. The first-order valence-electron chi connectivity index (χ1n) is 6.46. The van der Waals surface area contributed by atoms with Gasteiger partial charge in [-0.25, -0.2) is 4.98 Å². The Hall–Kier alpha value is -2.71. The fourth-order valence-corrected chi connectivity index (χ4v) is 1.77. The molecule has 106 valence electrons. The molecule has 0 atom stereocenters. The van der Waals surface area contributed by atoms with Gasteiger partial charge in [0.25, 0.3) is 5.91 Å². The summed E-state index contributed by atoms with van der Waals surface area (Å²) in [5.41, 5.74) is 2.55. The number of rotatable bonds is 3. The summed E-state index contributed by atoms with van der Waals surface area (Å²) >= 11 is 0. The number of hydrogen-bond donors (Lipinski definition) is 2. The van der Waals surface area contributed by atoms with Crippen LogP contribution in [0.5, 0.6) is 0 Å². The number of hydrogen-bond acceptors (Lipinski definition) is 4. The Kier molecular flexibility index (Phi) is 5.02. The van der Waals surface area contributed by atoms with Crippen molar-refractivity contribution in [1.82, 2.24) is 15.3 Å². The first-order chi connectivity index (χ1) is 10.2. The number of amides is 1. The number of aryl methyl sites for hydroxylation is 1. The van der Waals surface area contributed by atoms with Crippen LogP contribution in [0.25, 0.3) is 0 Å². The van der Waals surface area contributed by atoms with E-state index in [1.165, 1.54) is 6.20 Å². The molecule has 2 aromatic rings. The van der Waals surface area contributed by atoms with Crippen molar-refractivity contribution in [3.63, 3.8) is 0 Å². The quantitative estimate of drug-likeness (QED) is 0.825. The lowest BCUT2D eigenvalue weighted by molar-refractivity contribution is 0.0945. The highest BCUT2D eigenvalue weighted by molar-refractivity contribution is 5.94. The highest BCUT2D eigenvalue weighted by atomic mass is 16.2. The Balaban J connectivity index is 2.12. The van der Waals surface area contributed by atoms with Crippen molar-refractivity contribution in [2.75, 3.05) is 6.61 Å². The number of carbonyl (C=O) groups is 1. The van der Waals surface area contributed by atoms with E-state index in [0.29, 0.717) is 12.1 Å². The number of nitrogens with one attached hydrogen (secondary N) is 1. The minimum atomic E-state index is -0.317. The van der Waals surface area contributed by atoms with Crippen LogP contribution in [0.3, 0.4) is 0 Å². The minimum absolute atomic E-state index is 0.243. The van der Waals surface area contributed by atoms with Crippen LogP contribution in [-0.2, 0) is 6.54 Å². The maximum absolute atomic E-state index is 12.2. The zero-order valence-corrected chi connectivity index (χ0v) is 11.6. The smallest absolute Gasteiger partial charge is 0.271 e. The number of carbonyl (C=O) groups excluding carboxylic acids is 1. The molecular formula is C16H15N3O2. The molecule has 0 aliphatic carbocycles. The van der Waals surface area contributed by atoms with Crippen molar-refractivity contribution in [2.45, 2.75) is 13.5 Å². The second-order valence-electron chi connectivity index (χ2n) is 4.31. The molecular weight excluding hydrogens is 266 g/mol. The zero-order chi connectivity index (χ0) is 15.1. The van der Waals surface area contributed by atoms with Gasteiger partial charge in [0.2, 0.25) is 0 Å². The molecule has 0 saturated heterocycles. The van der Waals surface area contributed by atoms with Crippen LogP contribution in [0.2, 0.25) is 0 Å². The van der Waals surface area contributed by atoms with Crippen LogP contribution in [0.15, 0.2) is 36.7 Å². The van der Waals surface area contributed by atoms with Gasteiger partial charge in [0, 0.05) is 12.4 Å². The Labute approximate surface area is 123 Å². The average molecular weight is 281 g/mol. The van der Waals surface area contributed by atoms with Crippen LogP contribution in [0.4, 0.5) is 0 Å². The van der Waals surface area contributed by atoms with Gasteiger partial charge in [-0.15, -0.1) is 0 Å². The zero-order valence-electron chi connectivity index (χ0n) is 11.6. The maximum Gasteiger partial charge on any atom is 0.271 e. The summed E-state index contributed by atoms with van der Waals surface area (Å²) in [4.78, 5) is 20.5. The second kappa shape index (κ2) is 7.17. The lowest BCUT2D eigenvalue weighted by Gasteiger charge is -2.07. The van der Waals surface area contributed by atoms with Crippen molar-refractivity contribution in [2.24, 2.45) is 0 Å². The van der Waals surface area contributed by atoms with E-state index in [4.69, 9.17) is 5.11 Å². The molecule has 0 aliphatic heterocycles. The van der Waals surface area contributed by atoms with E-state index in [9.17, 15) is 4.79 Å². The SMILES string of the molecule is Cc1cccnc1CNC(=O)c1ncccc1C#CCO. The van der Waals surface area contributed by atoms with Crippen LogP contribution in [0.1, 0.15) is 27.3 Å². The molecule has 0 radical (unpaired) electrons. The first kappa shape index (κ1) is 14.7. The summed E-state index contributed by atoms with van der Waals surface area (Å²) in [7, 11) is 0. The number of aliphatic hydroxyl groups is 1. The van der Waals surface area contributed by atoms with E-state index in [1.54, 1.807) is 18.3 Å². The third-order valence-corrected chi connectivity index (χ3v) is 2.86. The van der Waals surface area contributed by atoms with Gasteiger partial charge in [-0.2, -0.15) is 0 Å². The number of aromatic nitrogens is 2. The Morgan fingerprint density at radius 2 is 2.05 bits per heavy atom. The van der Waals surface area contributed by atoms with Gasteiger partial charge in [0.05, 0.1) is 17.8 Å². The highest BCUT2D eigenvalue weighted by Gasteiger charge is 2.11. The third-order valence-electron chi connectivity index (χ3n) is 2.86. The van der Waals surface area contributed by atoms with Crippen molar-refractivity contribution in [1.29, 1.82) is 0 Å². The molecule has 0 bridgehead atoms. The summed E-state index contributed by atoms with van der Waals surface area (Å²) in [6, 6.07) is 7.17. The minimum Gasteiger partial charge on any atom is -0.384 e. The lowest BCUT2D eigenvalue weighted by Crippen LogP contribution is -2.25. The maximum atomic E-state index is 12.2. The van der Waals surface area contributed by atoms with Crippen LogP contribution in [0, 0.1) is 18.8 Å². The summed E-state index contributed by atoms with van der Waals surface area (Å²) < 4.78 is 0. The fraction of sp³-hybridized carbons (Fsp3) is 0.188. The molecule has 0 spiro atoms. The summed E-state index contributed by atoms with van der Waals surface area (Å²) in [6.07, 6.45) is 3.22. The number of aliphatic hydroxyl groups excluding tert-OH is 1. The average Bonchev–Trinajstić information content (AvgIpc) is 2.52. The normalized spacial score (nSPS) is 9.62. The summed E-state index contributed by atoms with van der Waals surface area (Å²) in [6.45, 7) is 2.01. The summed E-state index contributed by atoms with van der Waals surface area (Å²) in [5.74, 6) is 4.91. The van der Waals surface area contributed by atoms with E-state index in [1.807, 2.05) is 19.1 Å². The van der Waals surface area contributed by atoms with Crippen molar-refractivity contribution in [3.8, 4) is 11.8 Å². The Bertz CT molecular complexity index is 702. The predicted octanol–water partition coefficient (Wildman–Crippen LogP) is 1.06. The summed E-state index contributed by atoms with van der Waals surface area (Å²) in [5, 5.41) is 11.5. The molecule has 1 amide bonds. The molecule has 5 nitrogen and oxygen atoms in total. The van der Waals surface area contributed by atoms with E-state index < -0.39 is 0 Å². The van der Waals surface area contributed by atoms with E-state index >= 15 is 0 Å². The highest BCUT2D eigenvalue weighted by Crippen LogP contribution is 2.06. The molecule has 2 rings (SSSR count). The van der Waals surface area contributed by atoms with Crippen LogP contribution < -0.4 is 5.32 Å². The van der Waals surface area contributed by atoms with E-state index in [-0.39, 0.29) is 18.2 Å². The molecule has 2 heterocycles. The second-order valence-corrected chi connectivity index (χ2v) is 4.31. The monoisotopic (exact) mass is 281 g/mol. The van der Waals surface area contributed by atoms with Crippen molar-refractivity contribution in [3.05, 3.63) is 59.2 Å². The molecule has 0 saturated carbocycles. The molecule has 0 aliphatic rings. The van der Waals surface area contributed by atoms with Gasteiger partial charge in [0.15, 0.2) is 0 Å². The molecule has 0 aromatic carbocycles. The third kappa shape index (κ3) is 3.88. The van der Waals surface area contributed by atoms with Gasteiger partial charge in [0.1, 0.15) is 12.3 Å². The van der Waals surface area contributed by atoms with Gasteiger partial charge in [-0.3, -0.25) is 9.78 Å². The number of pyridine rings is 2. The predicted molar refractivity (Wildman–Crippen MR) is 78.3 cm³/mol. The number of nitrogens with zero attached hydrogens (tertiary/aromatic N) is 2. The van der Waals surface area contributed by atoms with Crippen LogP contribution in [-0.4, -0.2) is 27.6 Å². The molecule has 2 N–H and O–H groups in total. The Morgan fingerprint density at radius 3 is 2.81 bits per heavy atom. The van der Waals surface area contributed by atoms with Crippen molar-refractivity contribution >= 4 is 5.91 Å². The Morgan fingerprint density at radius 1 is 1.29 bits per heavy atom. The molecule has 5 heteroatoms.